The maximum Gasteiger partial charge on any atom is 0.0705 e. The Morgan fingerprint density at radius 2 is 1.87 bits per heavy atom. The normalized spacial score (nSPS) is 16.4. The van der Waals surface area contributed by atoms with Gasteiger partial charge in [-0.05, 0) is 24.1 Å². The number of unbranched alkanes of at least 4 members (excludes halogenated alkanes) is 1. The van der Waals surface area contributed by atoms with Gasteiger partial charge in [-0.3, -0.25) is 9.88 Å². The monoisotopic (exact) mass is 355 g/mol. The molecule has 1 aromatic carbocycles. The fraction of sp³-hybridized carbons (Fsp3) is 0.500. The van der Waals surface area contributed by atoms with Crippen molar-refractivity contribution in [1.29, 1.82) is 0 Å². The molecule has 1 aliphatic heterocycles. The number of para-hydroxylation sites is 1. The van der Waals surface area contributed by atoms with Crippen molar-refractivity contribution in [3.05, 3.63) is 42.1 Å². The van der Waals surface area contributed by atoms with E-state index in [2.05, 4.69) is 52.5 Å². The first-order valence-corrected chi connectivity index (χ1v) is 8.18. The Kier molecular flexibility index (Phi) is 8.85. The van der Waals surface area contributed by atoms with Gasteiger partial charge in [0.15, 0.2) is 0 Å². The molecule has 2 heterocycles. The van der Waals surface area contributed by atoms with Gasteiger partial charge >= 0.3 is 0 Å². The highest BCUT2D eigenvalue weighted by Gasteiger charge is 2.23. The molecule has 0 radical (unpaired) electrons. The average molecular weight is 356 g/mol. The highest BCUT2D eigenvalue weighted by Crippen LogP contribution is 2.31. The van der Waals surface area contributed by atoms with Crippen LogP contribution >= 0.6 is 24.8 Å². The molecule has 0 aliphatic carbocycles. The third-order valence-corrected chi connectivity index (χ3v) is 4.47. The highest BCUT2D eigenvalue weighted by molar-refractivity contribution is 5.85. The van der Waals surface area contributed by atoms with Gasteiger partial charge in [0.25, 0.3) is 0 Å². The van der Waals surface area contributed by atoms with Crippen LogP contribution in [0.4, 0.5) is 0 Å². The second kappa shape index (κ2) is 10.1. The van der Waals surface area contributed by atoms with Crippen LogP contribution in [-0.2, 0) is 0 Å². The molecule has 0 saturated carbocycles. The Morgan fingerprint density at radius 3 is 2.61 bits per heavy atom. The summed E-state index contributed by atoms with van der Waals surface area (Å²) in [5.74, 6) is 0. The lowest BCUT2D eigenvalue weighted by molar-refractivity contribution is 0.164. The molecule has 2 aromatic rings. The standard InChI is InChI=1S/C18H25N3.2ClH/c1-2-3-8-18(21-13-11-19-12-14-21)16-9-10-20-17-7-5-4-6-15(16)17;;/h4-7,9-10,18-19H,2-3,8,11-14H2,1H3;2*1H/t18-;;/m1../s1. The summed E-state index contributed by atoms with van der Waals surface area (Å²) in [5.41, 5.74) is 2.57. The molecule has 3 rings (SSSR count). The molecule has 1 saturated heterocycles. The molecular formula is C18H27Cl2N3. The zero-order valence-corrected chi connectivity index (χ0v) is 15.3. The smallest absolute Gasteiger partial charge is 0.0705 e. The first-order chi connectivity index (χ1) is 10.4. The largest absolute Gasteiger partial charge is 0.314 e. The molecule has 23 heavy (non-hydrogen) atoms. The average Bonchev–Trinajstić information content (AvgIpc) is 2.56. The summed E-state index contributed by atoms with van der Waals surface area (Å²) in [5, 5.41) is 4.78. The summed E-state index contributed by atoms with van der Waals surface area (Å²) in [7, 11) is 0. The Hall–Kier alpha value is -0.870. The van der Waals surface area contributed by atoms with Gasteiger partial charge in [-0.1, -0.05) is 38.0 Å². The lowest BCUT2D eigenvalue weighted by Gasteiger charge is -2.35. The maximum absolute atomic E-state index is 4.52. The second-order valence-corrected chi connectivity index (χ2v) is 5.86. The van der Waals surface area contributed by atoms with E-state index < -0.39 is 0 Å². The number of hydrogen-bond acceptors (Lipinski definition) is 3. The third kappa shape index (κ3) is 4.80. The summed E-state index contributed by atoms with van der Waals surface area (Å²) in [6.07, 6.45) is 5.75. The van der Waals surface area contributed by atoms with Gasteiger partial charge in [0, 0.05) is 43.8 Å². The van der Waals surface area contributed by atoms with Gasteiger partial charge in [-0.2, -0.15) is 0 Å². The van der Waals surface area contributed by atoms with Gasteiger partial charge in [0.2, 0.25) is 0 Å². The molecule has 1 atom stereocenters. The van der Waals surface area contributed by atoms with Crippen molar-refractivity contribution in [3.8, 4) is 0 Å². The maximum atomic E-state index is 4.52. The van der Waals surface area contributed by atoms with Crippen LogP contribution in [-0.4, -0.2) is 36.1 Å². The van der Waals surface area contributed by atoms with Crippen molar-refractivity contribution in [2.45, 2.75) is 32.2 Å². The van der Waals surface area contributed by atoms with Gasteiger partial charge in [0.05, 0.1) is 5.52 Å². The number of halogens is 2. The third-order valence-electron chi connectivity index (χ3n) is 4.47. The summed E-state index contributed by atoms with van der Waals surface area (Å²) in [4.78, 5) is 7.17. The van der Waals surface area contributed by atoms with Crippen molar-refractivity contribution in [1.82, 2.24) is 15.2 Å². The van der Waals surface area contributed by atoms with E-state index in [0.717, 1.165) is 31.7 Å². The molecule has 1 aliphatic rings. The van der Waals surface area contributed by atoms with Crippen LogP contribution in [0.1, 0.15) is 37.8 Å². The first-order valence-electron chi connectivity index (χ1n) is 8.18. The predicted molar refractivity (Wildman–Crippen MR) is 103 cm³/mol. The minimum Gasteiger partial charge on any atom is -0.314 e. The van der Waals surface area contributed by atoms with Crippen LogP contribution in [0.25, 0.3) is 10.9 Å². The fourth-order valence-corrected chi connectivity index (χ4v) is 3.33. The Balaban J connectivity index is 0.00000132. The molecule has 1 fully saturated rings. The van der Waals surface area contributed by atoms with Crippen molar-refractivity contribution in [2.75, 3.05) is 26.2 Å². The van der Waals surface area contributed by atoms with E-state index in [0.29, 0.717) is 6.04 Å². The summed E-state index contributed by atoms with van der Waals surface area (Å²) < 4.78 is 0. The zero-order chi connectivity index (χ0) is 14.5. The van der Waals surface area contributed by atoms with Crippen LogP contribution in [0.15, 0.2) is 36.5 Å². The Labute approximate surface area is 151 Å². The number of hydrogen-bond donors (Lipinski definition) is 1. The van der Waals surface area contributed by atoms with Gasteiger partial charge < -0.3 is 5.32 Å². The second-order valence-electron chi connectivity index (χ2n) is 5.86. The SMILES string of the molecule is CCCC[C@H](c1ccnc2ccccc12)N1CCNCC1.Cl.Cl. The fourth-order valence-electron chi connectivity index (χ4n) is 3.33. The number of nitrogens with zero attached hydrogens (tertiary/aromatic N) is 2. The minimum absolute atomic E-state index is 0. The van der Waals surface area contributed by atoms with E-state index in [4.69, 9.17) is 0 Å². The minimum atomic E-state index is 0. The molecule has 0 unspecified atom stereocenters. The number of aromatic nitrogens is 1. The van der Waals surface area contributed by atoms with Gasteiger partial charge in [-0.15, -0.1) is 24.8 Å². The summed E-state index contributed by atoms with van der Waals surface area (Å²) >= 11 is 0. The molecule has 3 nitrogen and oxygen atoms in total. The molecule has 0 amide bonds. The quantitative estimate of drug-likeness (QED) is 0.870. The van der Waals surface area contributed by atoms with E-state index in [1.807, 2.05) is 6.20 Å². The molecule has 128 valence electrons. The van der Waals surface area contributed by atoms with Crippen molar-refractivity contribution in [2.24, 2.45) is 0 Å². The van der Waals surface area contributed by atoms with Crippen LogP contribution in [0, 0.1) is 0 Å². The van der Waals surface area contributed by atoms with E-state index in [1.54, 1.807) is 0 Å². The van der Waals surface area contributed by atoms with Gasteiger partial charge in [-0.25, -0.2) is 0 Å². The topological polar surface area (TPSA) is 28.2 Å². The number of pyridine rings is 1. The summed E-state index contributed by atoms with van der Waals surface area (Å²) in [6, 6.07) is 11.3. The number of fused-ring (bicyclic) bond motifs is 1. The number of benzene rings is 1. The Morgan fingerprint density at radius 1 is 1.13 bits per heavy atom. The summed E-state index contributed by atoms with van der Waals surface area (Å²) in [6.45, 7) is 6.77. The van der Waals surface area contributed by atoms with Crippen LogP contribution in [0.5, 0.6) is 0 Å². The predicted octanol–water partition coefficient (Wildman–Crippen LogP) is 4.21. The lowest BCUT2D eigenvalue weighted by atomic mass is 9.95. The number of rotatable bonds is 5. The number of piperazine rings is 1. The molecule has 0 bridgehead atoms. The van der Waals surface area contributed by atoms with E-state index in [1.165, 1.54) is 30.2 Å². The van der Waals surface area contributed by atoms with E-state index in [-0.39, 0.29) is 24.8 Å². The molecular weight excluding hydrogens is 329 g/mol. The van der Waals surface area contributed by atoms with Crippen molar-refractivity contribution >= 4 is 35.7 Å². The zero-order valence-electron chi connectivity index (χ0n) is 13.7. The lowest BCUT2D eigenvalue weighted by Crippen LogP contribution is -2.45. The van der Waals surface area contributed by atoms with E-state index in [9.17, 15) is 0 Å². The van der Waals surface area contributed by atoms with Gasteiger partial charge in [0.1, 0.15) is 0 Å². The molecule has 1 aromatic heterocycles. The van der Waals surface area contributed by atoms with Crippen LogP contribution < -0.4 is 5.32 Å². The van der Waals surface area contributed by atoms with Crippen molar-refractivity contribution < 1.29 is 0 Å². The Bertz CT molecular complexity index is 580. The van der Waals surface area contributed by atoms with Crippen molar-refractivity contribution in [3.63, 3.8) is 0 Å². The molecule has 1 N–H and O–H groups in total. The van der Waals surface area contributed by atoms with Crippen LogP contribution in [0.2, 0.25) is 0 Å². The molecule has 5 heteroatoms. The highest BCUT2D eigenvalue weighted by atomic mass is 35.5. The van der Waals surface area contributed by atoms with E-state index >= 15 is 0 Å². The first kappa shape index (κ1) is 20.2. The molecule has 0 spiro atoms. The number of nitrogens with one attached hydrogen (secondary N) is 1. The van der Waals surface area contributed by atoms with Crippen LogP contribution in [0.3, 0.4) is 0 Å².